The van der Waals surface area contributed by atoms with Gasteiger partial charge in [0.25, 0.3) is 0 Å². The first kappa shape index (κ1) is 10.4. The Morgan fingerprint density at radius 3 is 3.00 bits per heavy atom. The second-order valence-electron chi connectivity index (χ2n) is 3.04. The summed E-state index contributed by atoms with van der Waals surface area (Å²) in [5, 5.41) is 2.06. The summed E-state index contributed by atoms with van der Waals surface area (Å²) in [6.45, 7) is 6.10. The maximum Gasteiger partial charge on any atom is 0.0590 e. The molecule has 0 saturated heterocycles. The average molecular weight is 196 g/mol. The highest BCUT2D eigenvalue weighted by Gasteiger charge is 2.10. The lowest BCUT2D eigenvalue weighted by Gasteiger charge is -2.14. The van der Waals surface area contributed by atoms with Crippen molar-refractivity contribution in [1.29, 1.82) is 0 Å². The molecule has 0 aromatic carbocycles. The van der Waals surface area contributed by atoms with Crippen LogP contribution in [0.5, 0.6) is 0 Å². The van der Waals surface area contributed by atoms with Crippen LogP contribution in [0.4, 0.5) is 0 Å². The molecule has 1 rings (SSSR count). The number of thiophene rings is 1. The molecule has 0 radical (unpaired) electrons. The fraction of sp³-hybridized carbons (Fsp3) is 0.400. The predicted molar refractivity (Wildman–Crippen MR) is 58.4 cm³/mol. The van der Waals surface area contributed by atoms with Crippen LogP contribution in [-0.4, -0.2) is 0 Å². The lowest BCUT2D eigenvalue weighted by molar-refractivity contribution is 0.553. The molecule has 0 aliphatic rings. The Bertz CT molecular complexity index is 254. The van der Waals surface area contributed by atoms with E-state index >= 15 is 0 Å². The van der Waals surface area contributed by atoms with E-state index in [2.05, 4.69) is 30.4 Å². The molecule has 1 unspecified atom stereocenters. The van der Waals surface area contributed by atoms with Crippen LogP contribution in [0.3, 0.4) is 0 Å². The standard InChI is InChI=1S/C10H16N2S/c1-3-8(2)7-9(12-11)10-5-4-6-13-10/h4-6,9,12H,2-3,7,11H2,1H3. The van der Waals surface area contributed by atoms with Gasteiger partial charge in [-0.15, -0.1) is 11.3 Å². The minimum Gasteiger partial charge on any atom is -0.271 e. The van der Waals surface area contributed by atoms with Gasteiger partial charge in [0.05, 0.1) is 6.04 Å². The third-order valence-corrected chi connectivity index (χ3v) is 3.07. The van der Waals surface area contributed by atoms with Gasteiger partial charge in [-0.25, -0.2) is 0 Å². The summed E-state index contributed by atoms with van der Waals surface area (Å²) in [6, 6.07) is 4.37. The van der Waals surface area contributed by atoms with Crippen molar-refractivity contribution in [3.63, 3.8) is 0 Å². The van der Waals surface area contributed by atoms with E-state index in [-0.39, 0.29) is 6.04 Å². The second kappa shape index (κ2) is 5.17. The molecule has 0 amide bonds. The van der Waals surface area contributed by atoms with Crippen LogP contribution in [0.1, 0.15) is 30.7 Å². The fourth-order valence-corrected chi connectivity index (χ4v) is 1.95. The van der Waals surface area contributed by atoms with Crippen LogP contribution in [0.25, 0.3) is 0 Å². The van der Waals surface area contributed by atoms with E-state index in [1.807, 2.05) is 6.07 Å². The van der Waals surface area contributed by atoms with E-state index in [0.29, 0.717) is 0 Å². The third kappa shape index (κ3) is 2.95. The van der Waals surface area contributed by atoms with Crippen LogP contribution >= 0.6 is 11.3 Å². The molecule has 72 valence electrons. The van der Waals surface area contributed by atoms with Crippen molar-refractivity contribution in [2.24, 2.45) is 5.84 Å². The van der Waals surface area contributed by atoms with Gasteiger partial charge in [0, 0.05) is 4.88 Å². The maximum atomic E-state index is 5.48. The predicted octanol–water partition coefficient (Wildman–Crippen LogP) is 2.61. The van der Waals surface area contributed by atoms with Gasteiger partial charge >= 0.3 is 0 Å². The highest BCUT2D eigenvalue weighted by atomic mass is 32.1. The zero-order chi connectivity index (χ0) is 9.68. The Kier molecular flexibility index (Phi) is 4.15. The van der Waals surface area contributed by atoms with E-state index in [1.54, 1.807) is 11.3 Å². The van der Waals surface area contributed by atoms with Crippen molar-refractivity contribution in [3.8, 4) is 0 Å². The third-order valence-electron chi connectivity index (χ3n) is 2.08. The van der Waals surface area contributed by atoms with Crippen molar-refractivity contribution < 1.29 is 0 Å². The van der Waals surface area contributed by atoms with Crippen LogP contribution < -0.4 is 11.3 Å². The highest BCUT2D eigenvalue weighted by Crippen LogP contribution is 2.24. The Morgan fingerprint density at radius 2 is 2.54 bits per heavy atom. The van der Waals surface area contributed by atoms with Crippen molar-refractivity contribution >= 4 is 11.3 Å². The molecule has 2 nitrogen and oxygen atoms in total. The molecule has 1 aromatic rings. The van der Waals surface area contributed by atoms with Gasteiger partial charge in [0.1, 0.15) is 0 Å². The number of rotatable bonds is 5. The monoisotopic (exact) mass is 196 g/mol. The van der Waals surface area contributed by atoms with Crippen molar-refractivity contribution in [3.05, 3.63) is 34.5 Å². The molecule has 1 heterocycles. The molecule has 1 aromatic heterocycles. The largest absolute Gasteiger partial charge is 0.271 e. The summed E-state index contributed by atoms with van der Waals surface area (Å²) in [7, 11) is 0. The molecule has 0 aliphatic heterocycles. The number of nitrogens with two attached hydrogens (primary N) is 1. The quantitative estimate of drug-likeness (QED) is 0.431. The molecule has 0 spiro atoms. The van der Waals surface area contributed by atoms with E-state index < -0.39 is 0 Å². The molecule has 3 heteroatoms. The summed E-state index contributed by atoms with van der Waals surface area (Å²) in [5.74, 6) is 5.48. The van der Waals surface area contributed by atoms with E-state index in [1.165, 1.54) is 10.5 Å². The van der Waals surface area contributed by atoms with E-state index in [0.717, 1.165) is 12.8 Å². The number of hydrogen-bond donors (Lipinski definition) is 2. The maximum absolute atomic E-state index is 5.48. The highest BCUT2D eigenvalue weighted by molar-refractivity contribution is 7.10. The average Bonchev–Trinajstić information content (AvgIpc) is 2.66. The Morgan fingerprint density at radius 1 is 1.77 bits per heavy atom. The molecule has 0 fully saturated rings. The second-order valence-corrected chi connectivity index (χ2v) is 4.02. The SMILES string of the molecule is C=C(CC)CC(NN)c1cccs1. The molecule has 3 N–H and O–H groups in total. The number of hydrogen-bond acceptors (Lipinski definition) is 3. The van der Waals surface area contributed by atoms with E-state index in [9.17, 15) is 0 Å². The van der Waals surface area contributed by atoms with Gasteiger partial charge in [-0.2, -0.15) is 0 Å². The first-order valence-electron chi connectivity index (χ1n) is 4.44. The van der Waals surface area contributed by atoms with Crippen molar-refractivity contribution in [1.82, 2.24) is 5.43 Å². The van der Waals surface area contributed by atoms with Gasteiger partial charge < -0.3 is 0 Å². The van der Waals surface area contributed by atoms with E-state index in [4.69, 9.17) is 5.84 Å². The lowest BCUT2D eigenvalue weighted by atomic mass is 10.1. The molecule has 13 heavy (non-hydrogen) atoms. The molecule has 0 saturated carbocycles. The fourth-order valence-electron chi connectivity index (χ4n) is 1.16. The van der Waals surface area contributed by atoms with Crippen molar-refractivity contribution in [2.45, 2.75) is 25.8 Å². The van der Waals surface area contributed by atoms with Gasteiger partial charge in [0.15, 0.2) is 0 Å². The molecule has 0 aliphatic carbocycles. The van der Waals surface area contributed by atoms with Gasteiger partial charge in [-0.05, 0) is 24.3 Å². The number of hydrazine groups is 1. The Hall–Kier alpha value is -0.640. The minimum atomic E-state index is 0.229. The van der Waals surface area contributed by atoms with Crippen LogP contribution in [0, 0.1) is 0 Å². The van der Waals surface area contributed by atoms with Crippen LogP contribution in [0.2, 0.25) is 0 Å². The molecular formula is C10H16N2S. The van der Waals surface area contributed by atoms with Crippen molar-refractivity contribution in [2.75, 3.05) is 0 Å². The normalized spacial score (nSPS) is 12.8. The summed E-state index contributed by atoms with van der Waals surface area (Å²) in [6.07, 6.45) is 1.94. The lowest BCUT2D eigenvalue weighted by Crippen LogP contribution is -2.27. The summed E-state index contributed by atoms with van der Waals surface area (Å²) < 4.78 is 0. The molecule has 1 atom stereocenters. The van der Waals surface area contributed by atoms with Gasteiger partial charge in [-0.1, -0.05) is 25.1 Å². The van der Waals surface area contributed by atoms with Gasteiger partial charge in [0.2, 0.25) is 0 Å². The summed E-state index contributed by atoms with van der Waals surface area (Å²) in [5.41, 5.74) is 4.05. The Labute approximate surface area is 83.4 Å². The smallest absolute Gasteiger partial charge is 0.0590 e. The number of nitrogens with one attached hydrogen (secondary N) is 1. The topological polar surface area (TPSA) is 38.0 Å². The van der Waals surface area contributed by atoms with Crippen LogP contribution in [0.15, 0.2) is 29.7 Å². The molecular weight excluding hydrogens is 180 g/mol. The zero-order valence-corrected chi connectivity index (χ0v) is 8.73. The Balaban J connectivity index is 2.58. The first-order valence-corrected chi connectivity index (χ1v) is 5.32. The van der Waals surface area contributed by atoms with Gasteiger partial charge in [-0.3, -0.25) is 11.3 Å². The first-order chi connectivity index (χ1) is 6.27. The summed E-state index contributed by atoms with van der Waals surface area (Å²) in [4.78, 5) is 1.28. The minimum absolute atomic E-state index is 0.229. The summed E-state index contributed by atoms with van der Waals surface area (Å²) >= 11 is 1.72. The molecule has 0 bridgehead atoms. The van der Waals surface area contributed by atoms with Crippen LogP contribution in [-0.2, 0) is 0 Å². The zero-order valence-electron chi connectivity index (χ0n) is 7.92.